The largest absolute Gasteiger partial charge is 0.496 e. The number of hydrogen-bond acceptors (Lipinski definition) is 1. The first kappa shape index (κ1) is 14.0. The van der Waals surface area contributed by atoms with Crippen LogP contribution in [0, 0.1) is 18.6 Å². The molecule has 1 nitrogen and oxygen atoms in total. The van der Waals surface area contributed by atoms with Gasteiger partial charge in [0.1, 0.15) is 17.4 Å². The molecule has 0 saturated carbocycles. The molecule has 0 radical (unpaired) electrons. The Balaban J connectivity index is 2.44. The molecule has 0 saturated heterocycles. The smallest absolute Gasteiger partial charge is 0.130 e. The third-order valence-corrected chi connectivity index (χ3v) is 3.95. The fraction of sp³-hybridized carbons (Fsp3) is 0.200. The van der Waals surface area contributed by atoms with E-state index in [1.807, 2.05) is 13.0 Å². The molecule has 0 aromatic heterocycles. The molecule has 0 aliphatic heterocycles. The van der Waals surface area contributed by atoms with Crippen molar-refractivity contribution in [3.63, 3.8) is 0 Å². The maximum absolute atomic E-state index is 13.7. The first-order valence-corrected chi connectivity index (χ1v) is 6.68. The number of benzene rings is 2. The number of aryl methyl sites for hydroxylation is 1. The lowest BCUT2D eigenvalue weighted by Crippen LogP contribution is -2.01. The monoisotopic (exact) mass is 326 g/mol. The molecule has 2 aromatic carbocycles. The van der Waals surface area contributed by atoms with E-state index in [4.69, 9.17) is 4.74 Å². The molecular formula is C15H13BrF2O. The second-order valence-electron chi connectivity index (χ2n) is 4.23. The normalized spacial score (nSPS) is 12.3. The van der Waals surface area contributed by atoms with Crippen LogP contribution in [0.5, 0.6) is 5.75 Å². The second kappa shape index (κ2) is 5.70. The zero-order chi connectivity index (χ0) is 14.0. The lowest BCUT2D eigenvalue weighted by Gasteiger charge is -2.14. The van der Waals surface area contributed by atoms with Gasteiger partial charge < -0.3 is 4.74 Å². The Morgan fingerprint density at radius 1 is 1.11 bits per heavy atom. The van der Waals surface area contributed by atoms with Crippen molar-refractivity contribution in [1.29, 1.82) is 0 Å². The Bertz CT molecular complexity index is 578. The van der Waals surface area contributed by atoms with Crippen molar-refractivity contribution in [2.75, 3.05) is 7.11 Å². The molecule has 0 N–H and O–H groups in total. The maximum atomic E-state index is 13.7. The van der Waals surface area contributed by atoms with E-state index in [2.05, 4.69) is 15.9 Å². The van der Waals surface area contributed by atoms with Crippen LogP contribution in [-0.2, 0) is 0 Å². The standard InChI is InChI=1S/C15H13BrF2O/c1-9-8-10(6-7-13(9)19-2)15(16)14-11(17)4-3-5-12(14)18/h3-8,15H,1-2H3. The molecule has 1 atom stereocenters. The van der Waals surface area contributed by atoms with Gasteiger partial charge >= 0.3 is 0 Å². The Kier molecular flexibility index (Phi) is 4.20. The molecule has 0 aliphatic rings. The number of methoxy groups -OCH3 is 1. The van der Waals surface area contributed by atoms with Gasteiger partial charge in [-0.15, -0.1) is 0 Å². The summed E-state index contributed by atoms with van der Waals surface area (Å²) in [4.78, 5) is -0.529. The van der Waals surface area contributed by atoms with E-state index in [1.54, 1.807) is 19.2 Å². The van der Waals surface area contributed by atoms with Gasteiger partial charge in [-0.05, 0) is 36.2 Å². The summed E-state index contributed by atoms with van der Waals surface area (Å²) in [6, 6.07) is 9.29. The van der Waals surface area contributed by atoms with Crippen molar-refractivity contribution in [2.45, 2.75) is 11.8 Å². The third kappa shape index (κ3) is 2.78. The summed E-state index contributed by atoms with van der Waals surface area (Å²) in [6.45, 7) is 1.89. The van der Waals surface area contributed by atoms with E-state index >= 15 is 0 Å². The van der Waals surface area contributed by atoms with Crippen LogP contribution in [0.1, 0.15) is 21.5 Å². The fourth-order valence-corrected chi connectivity index (χ4v) is 2.70. The molecule has 2 rings (SSSR count). The number of ether oxygens (including phenoxy) is 1. The fourth-order valence-electron chi connectivity index (χ4n) is 1.98. The molecule has 0 bridgehead atoms. The van der Waals surface area contributed by atoms with Crippen LogP contribution in [0.15, 0.2) is 36.4 Å². The number of alkyl halides is 1. The van der Waals surface area contributed by atoms with Gasteiger partial charge in [0.15, 0.2) is 0 Å². The van der Waals surface area contributed by atoms with Crippen molar-refractivity contribution in [3.8, 4) is 5.75 Å². The maximum Gasteiger partial charge on any atom is 0.130 e. The zero-order valence-corrected chi connectivity index (χ0v) is 12.2. The van der Waals surface area contributed by atoms with Crippen LogP contribution < -0.4 is 4.74 Å². The van der Waals surface area contributed by atoms with Crippen molar-refractivity contribution in [2.24, 2.45) is 0 Å². The van der Waals surface area contributed by atoms with Crippen molar-refractivity contribution >= 4 is 15.9 Å². The first-order valence-electron chi connectivity index (χ1n) is 5.77. The summed E-state index contributed by atoms with van der Waals surface area (Å²) < 4.78 is 32.6. The van der Waals surface area contributed by atoms with Gasteiger partial charge in [-0.3, -0.25) is 0 Å². The molecular weight excluding hydrogens is 314 g/mol. The molecule has 4 heteroatoms. The Labute approximate surface area is 119 Å². The molecule has 1 unspecified atom stereocenters. The molecule has 0 amide bonds. The zero-order valence-electron chi connectivity index (χ0n) is 10.6. The minimum atomic E-state index is -0.560. The summed E-state index contributed by atoms with van der Waals surface area (Å²) >= 11 is 3.36. The van der Waals surface area contributed by atoms with Crippen LogP contribution in [0.3, 0.4) is 0 Å². The van der Waals surface area contributed by atoms with E-state index in [1.165, 1.54) is 18.2 Å². The lowest BCUT2D eigenvalue weighted by atomic mass is 10.0. The van der Waals surface area contributed by atoms with E-state index in [0.29, 0.717) is 0 Å². The van der Waals surface area contributed by atoms with E-state index < -0.39 is 16.5 Å². The quantitative estimate of drug-likeness (QED) is 0.738. The molecule has 19 heavy (non-hydrogen) atoms. The Hall–Kier alpha value is -1.42. The van der Waals surface area contributed by atoms with E-state index in [9.17, 15) is 8.78 Å². The van der Waals surface area contributed by atoms with Crippen LogP contribution in [0.4, 0.5) is 8.78 Å². The molecule has 0 fully saturated rings. The van der Waals surface area contributed by atoms with E-state index in [-0.39, 0.29) is 5.56 Å². The molecule has 0 heterocycles. The SMILES string of the molecule is COc1ccc(C(Br)c2c(F)cccc2F)cc1C. The number of halogens is 3. The van der Waals surface area contributed by atoms with Crippen molar-refractivity contribution < 1.29 is 13.5 Å². The minimum Gasteiger partial charge on any atom is -0.496 e. The second-order valence-corrected chi connectivity index (χ2v) is 5.14. The summed E-state index contributed by atoms with van der Waals surface area (Å²) in [5, 5.41) is 0. The highest BCUT2D eigenvalue weighted by Gasteiger charge is 2.19. The molecule has 0 aliphatic carbocycles. The van der Waals surface area contributed by atoms with Crippen LogP contribution in [-0.4, -0.2) is 7.11 Å². The number of rotatable bonds is 3. The minimum absolute atomic E-state index is 0.0204. The van der Waals surface area contributed by atoms with Gasteiger partial charge in [-0.25, -0.2) is 8.78 Å². The Morgan fingerprint density at radius 3 is 2.26 bits per heavy atom. The van der Waals surface area contributed by atoms with Crippen molar-refractivity contribution in [1.82, 2.24) is 0 Å². The van der Waals surface area contributed by atoms with Gasteiger partial charge in [0.05, 0.1) is 11.9 Å². The lowest BCUT2D eigenvalue weighted by molar-refractivity contribution is 0.411. The highest BCUT2D eigenvalue weighted by atomic mass is 79.9. The Morgan fingerprint density at radius 2 is 1.74 bits per heavy atom. The van der Waals surface area contributed by atoms with Gasteiger partial charge in [0.2, 0.25) is 0 Å². The topological polar surface area (TPSA) is 9.23 Å². The summed E-state index contributed by atoms with van der Waals surface area (Å²) in [6.07, 6.45) is 0. The molecule has 2 aromatic rings. The van der Waals surface area contributed by atoms with Gasteiger partial charge in [-0.2, -0.15) is 0 Å². The first-order chi connectivity index (χ1) is 9.04. The highest BCUT2D eigenvalue weighted by Crippen LogP contribution is 2.35. The third-order valence-electron chi connectivity index (χ3n) is 2.96. The van der Waals surface area contributed by atoms with Crippen LogP contribution in [0.2, 0.25) is 0 Å². The highest BCUT2D eigenvalue weighted by molar-refractivity contribution is 9.09. The van der Waals surface area contributed by atoms with Gasteiger partial charge in [-0.1, -0.05) is 34.1 Å². The predicted molar refractivity (Wildman–Crippen MR) is 74.9 cm³/mol. The predicted octanol–water partition coefficient (Wildman–Crippen LogP) is 4.77. The average Bonchev–Trinajstić information content (AvgIpc) is 2.38. The summed E-state index contributed by atoms with van der Waals surface area (Å²) in [5.74, 6) is -0.372. The molecule has 0 spiro atoms. The summed E-state index contributed by atoms with van der Waals surface area (Å²) in [7, 11) is 1.59. The average molecular weight is 327 g/mol. The van der Waals surface area contributed by atoms with E-state index in [0.717, 1.165) is 16.9 Å². The van der Waals surface area contributed by atoms with Crippen molar-refractivity contribution in [3.05, 3.63) is 64.7 Å². The summed E-state index contributed by atoms with van der Waals surface area (Å²) in [5.41, 5.74) is 1.72. The van der Waals surface area contributed by atoms with Crippen LogP contribution >= 0.6 is 15.9 Å². The van der Waals surface area contributed by atoms with Gasteiger partial charge in [0, 0.05) is 5.56 Å². The molecule has 100 valence electrons. The van der Waals surface area contributed by atoms with Crippen LogP contribution in [0.25, 0.3) is 0 Å². The van der Waals surface area contributed by atoms with Gasteiger partial charge in [0.25, 0.3) is 0 Å². The number of hydrogen-bond donors (Lipinski definition) is 0.